The van der Waals surface area contributed by atoms with E-state index in [1.807, 2.05) is 30.3 Å². The van der Waals surface area contributed by atoms with Gasteiger partial charge in [-0.1, -0.05) is 30.3 Å². The SMILES string of the molecule is O=C(O)c1noc(Cc2ccccc2)n1.[LiH]. The van der Waals surface area contributed by atoms with Gasteiger partial charge < -0.3 is 9.63 Å². The van der Waals surface area contributed by atoms with Crippen molar-refractivity contribution >= 4 is 24.8 Å². The van der Waals surface area contributed by atoms with E-state index >= 15 is 0 Å². The first kappa shape index (κ1) is 12.5. The normalized spacial score (nSPS) is 9.50. The zero-order chi connectivity index (χ0) is 10.7. The van der Waals surface area contributed by atoms with Crippen LogP contribution in [0.5, 0.6) is 0 Å². The summed E-state index contributed by atoms with van der Waals surface area (Å²) < 4.78 is 4.79. The molecule has 0 fully saturated rings. The van der Waals surface area contributed by atoms with E-state index in [1.54, 1.807) is 0 Å². The van der Waals surface area contributed by atoms with Crippen molar-refractivity contribution in [1.29, 1.82) is 0 Å². The minimum absolute atomic E-state index is 0. The van der Waals surface area contributed by atoms with Gasteiger partial charge in [0.15, 0.2) is 0 Å². The quantitative estimate of drug-likeness (QED) is 0.758. The first-order chi connectivity index (χ1) is 7.25. The fraction of sp³-hybridized carbons (Fsp3) is 0.100. The molecule has 16 heavy (non-hydrogen) atoms. The second-order valence-electron chi connectivity index (χ2n) is 2.98. The average molecular weight is 212 g/mol. The van der Waals surface area contributed by atoms with Crippen LogP contribution in [0.2, 0.25) is 0 Å². The van der Waals surface area contributed by atoms with Gasteiger partial charge in [0, 0.05) is 0 Å². The van der Waals surface area contributed by atoms with Crippen LogP contribution in [0.1, 0.15) is 22.1 Å². The molecule has 0 aliphatic carbocycles. The summed E-state index contributed by atoms with van der Waals surface area (Å²) in [6.45, 7) is 0. The third-order valence-electron chi connectivity index (χ3n) is 1.86. The molecule has 0 unspecified atom stereocenters. The number of nitrogens with zero attached hydrogens (tertiary/aromatic N) is 2. The second-order valence-corrected chi connectivity index (χ2v) is 2.98. The molecule has 0 bridgehead atoms. The minimum atomic E-state index is -1.18. The molecule has 0 aliphatic rings. The molecule has 0 radical (unpaired) electrons. The van der Waals surface area contributed by atoms with E-state index in [2.05, 4.69) is 10.1 Å². The van der Waals surface area contributed by atoms with Crippen LogP contribution >= 0.6 is 0 Å². The van der Waals surface area contributed by atoms with E-state index in [0.717, 1.165) is 5.56 Å². The topological polar surface area (TPSA) is 76.2 Å². The van der Waals surface area contributed by atoms with Crippen molar-refractivity contribution in [3.05, 3.63) is 47.6 Å². The predicted molar refractivity (Wildman–Crippen MR) is 57.7 cm³/mol. The summed E-state index contributed by atoms with van der Waals surface area (Å²) in [5.74, 6) is -1.18. The van der Waals surface area contributed by atoms with E-state index in [4.69, 9.17) is 9.63 Å². The van der Waals surface area contributed by atoms with Gasteiger partial charge in [-0.15, -0.1) is 0 Å². The third kappa shape index (κ3) is 2.96. The van der Waals surface area contributed by atoms with Crippen LogP contribution in [0.4, 0.5) is 0 Å². The molecule has 1 heterocycles. The van der Waals surface area contributed by atoms with Crippen LogP contribution in [0, 0.1) is 0 Å². The Morgan fingerprint density at radius 2 is 2.00 bits per heavy atom. The van der Waals surface area contributed by atoms with E-state index in [1.165, 1.54) is 0 Å². The molecule has 0 saturated heterocycles. The molecule has 1 aromatic heterocycles. The van der Waals surface area contributed by atoms with Gasteiger partial charge in [0.2, 0.25) is 5.89 Å². The van der Waals surface area contributed by atoms with Crippen LogP contribution < -0.4 is 0 Å². The van der Waals surface area contributed by atoms with Gasteiger partial charge in [-0.3, -0.25) is 0 Å². The van der Waals surface area contributed by atoms with Gasteiger partial charge in [-0.25, -0.2) is 4.79 Å². The zero-order valence-corrected chi connectivity index (χ0v) is 7.75. The molecule has 0 aliphatic heterocycles. The summed E-state index contributed by atoms with van der Waals surface area (Å²) in [5, 5.41) is 11.9. The maximum absolute atomic E-state index is 10.5. The number of carboxylic acids is 1. The zero-order valence-electron chi connectivity index (χ0n) is 7.75. The number of aromatic carboxylic acids is 1. The molecule has 1 aromatic carbocycles. The molecule has 6 heteroatoms. The van der Waals surface area contributed by atoms with Gasteiger partial charge >= 0.3 is 24.8 Å². The summed E-state index contributed by atoms with van der Waals surface area (Å²) in [6, 6.07) is 9.50. The average Bonchev–Trinajstić information content (AvgIpc) is 2.68. The van der Waals surface area contributed by atoms with E-state index in [0.29, 0.717) is 12.3 Å². The monoisotopic (exact) mass is 212 g/mol. The first-order valence-corrected chi connectivity index (χ1v) is 4.35. The predicted octanol–water partition coefficient (Wildman–Crippen LogP) is 0.710. The van der Waals surface area contributed by atoms with Gasteiger partial charge in [0.05, 0.1) is 6.42 Å². The summed E-state index contributed by atoms with van der Waals surface area (Å²) >= 11 is 0. The molecular weight excluding hydrogens is 203 g/mol. The van der Waals surface area contributed by atoms with Crippen LogP contribution in [0.3, 0.4) is 0 Å². The van der Waals surface area contributed by atoms with Gasteiger partial charge in [0.25, 0.3) is 5.82 Å². The van der Waals surface area contributed by atoms with Crippen molar-refractivity contribution in [3.63, 3.8) is 0 Å². The second kappa shape index (κ2) is 5.49. The van der Waals surface area contributed by atoms with Gasteiger partial charge in [-0.05, 0) is 10.7 Å². The number of carboxylic acid groups (broad SMARTS) is 1. The maximum atomic E-state index is 10.5. The molecule has 2 rings (SSSR count). The first-order valence-electron chi connectivity index (χ1n) is 4.35. The third-order valence-corrected chi connectivity index (χ3v) is 1.86. The van der Waals surface area contributed by atoms with E-state index < -0.39 is 5.97 Å². The summed E-state index contributed by atoms with van der Waals surface area (Å²) in [4.78, 5) is 14.2. The van der Waals surface area contributed by atoms with Gasteiger partial charge in [0.1, 0.15) is 0 Å². The van der Waals surface area contributed by atoms with E-state index in [-0.39, 0.29) is 24.7 Å². The molecule has 0 spiro atoms. The number of hydrogen-bond acceptors (Lipinski definition) is 4. The van der Waals surface area contributed by atoms with Crippen molar-refractivity contribution in [2.24, 2.45) is 0 Å². The Labute approximate surface area is 104 Å². The number of hydrogen-bond donors (Lipinski definition) is 1. The number of aromatic nitrogens is 2. The van der Waals surface area contributed by atoms with Crippen molar-refractivity contribution in [2.75, 3.05) is 0 Å². The molecule has 0 atom stereocenters. The van der Waals surface area contributed by atoms with E-state index in [9.17, 15) is 4.79 Å². The Hall–Kier alpha value is -1.57. The number of rotatable bonds is 3. The summed E-state index contributed by atoms with van der Waals surface area (Å²) in [7, 11) is 0. The Balaban J connectivity index is 0.00000128. The molecule has 78 valence electrons. The molecule has 2 aromatic rings. The Bertz CT molecular complexity index is 470. The van der Waals surface area contributed by atoms with Gasteiger partial charge in [-0.2, -0.15) is 4.98 Å². The Morgan fingerprint density at radius 3 is 2.56 bits per heavy atom. The standard InChI is InChI=1S/C10H8N2O3.Li.H/c13-10(14)9-11-8(15-12-9)6-7-4-2-1-3-5-7;;/h1-5H,6H2,(H,13,14);;. The van der Waals surface area contributed by atoms with Crippen LogP contribution in [-0.2, 0) is 6.42 Å². The fourth-order valence-electron chi connectivity index (χ4n) is 1.18. The number of carbonyl (C=O) groups is 1. The Morgan fingerprint density at radius 1 is 1.31 bits per heavy atom. The molecule has 0 saturated carbocycles. The number of benzene rings is 1. The summed E-state index contributed by atoms with van der Waals surface area (Å²) in [6.07, 6.45) is 0.446. The summed E-state index contributed by atoms with van der Waals surface area (Å²) in [5.41, 5.74) is 0.998. The molecule has 0 amide bonds. The van der Waals surface area contributed by atoms with Crippen molar-refractivity contribution in [2.45, 2.75) is 6.42 Å². The molecule has 5 nitrogen and oxygen atoms in total. The van der Waals surface area contributed by atoms with Crippen LogP contribution in [0.25, 0.3) is 0 Å². The van der Waals surface area contributed by atoms with Crippen LogP contribution in [-0.4, -0.2) is 40.1 Å². The Kier molecular flexibility index (Phi) is 4.29. The fourth-order valence-corrected chi connectivity index (χ4v) is 1.18. The van der Waals surface area contributed by atoms with Crippen molar-refractivity contribution < 1.29 is 14.4 Å². The molecule has 1 N–H and O–H groups in total. The van der Waals surface area contributed by atoms with Crippen molar-refractivity contribution in [3.8, 4) is 0 Å². The molecular formula is C10H9LiN2O3. The van der Waals surface area contributed by atoms with Crippen molar-refractivity contribution in [1.82, 2.24) is 10.1 Å². The van der Waals surface area contributed by atoms with Crippen LogP contribution in [0.15, 0.2) is 34.9 Å².